The summed E-state index contributed by atoms with van der Waals surface area (Å²) in [5.74, 6) is -0.0360. The lowest BCUT2D eigenvalue weighted by Crippen LogP contribution is -2.49. The highest BCUT2D eigenvalue weighted by Gasteiger charge is 2.44. The first-order chi connectivity index (χ1) is 7.37. The van der Waals surface area contributed by atoms with Gasteiger partial charge < -0.3 is 14.4 Å². The molecule has 0 unspecified atom stereocenters. The summed E-state index contributed by atoms with van der Waals surface area (Å²) >= 11 is 0. The molecule has 5 nitrogen and oxygen atoms in total. The summed E-state index contributed by atoms with van der Waals surface area (Å²) in [6, 6.07) is 0. The van der Waals surface area contributed by atoms with Gasteiger partial charge in [0.1, 0.15) is 11.7 Å². The van der Waals surface area contributed by atoms with Crippen LogP contribution < -0.4 is 0 Å². The zero-order chi connectivity index (χ0) is 11.9. The monoisotopic (exact) mass is 227 g/mol. The Hall–Kier alpha value is -1.10. The summed E-state index contributed by atoms with van der Waals surface area (Å²) in [5, 5.41) is 0. The first-order valence-corrected chi connectivity index (χ1v) is 5.50. The molecule has 2 saturated heterocycles. The summed E-state index contributed by atoms with van der Waals surface area (Å²) in [7, 11) is 0. The van der Waals surface area contributed by atoms with Crippen molar-refractivity contribution in [1.82, 2.24) is 4.90 Å². The van der Waals surface area contributed by atoms with Crippen LogP contribution in [0.1, 0.15) is 20.8 Å². The zero-order valence-corrected chi connectivity index (χ0v) is 9.86. The Kier molecular flexibility index (Phi) is 2.66. The van der Waals surface area contributed by atoms with Gasteiger partial charge in [0.05, 0.1) is 19.1 Å². The van der Waals surface area contributed by atoms with Gasteiger partial charge in [0.15, 0.2) is 5.78 Å². The second kappa shape index (κ2) is 3.73. The normalized spacial score (nSPS) is 29.4. The van der Waals surface area contributed by atoms with Crippen LogP contribution in [0.2, 0.25) is 0 Å². The highest BCUT2D eigenvalue weighted by Crippen LogP contribution is 2.24. The third kappa shape index (κ3) is 2.19. The van der Waals surface area contributed by atoms with E-state index in [0.29, 0.717) is 19.7 Å². The van der Waals surface area contributed by atoms with E-state index in [9.17, 15) is 9.59 Å². The van der Waals surface area contributed by atoms with Crippen LogP contribution in [0.25, 0.3) is 0 Å². The van der Waals surface area contributed by atoms with Gasteiger partial charge in [-0.2, -0.15) is 0 Å². The molecular formula is C11H17NO4. The average molecular weight is 227 g/mol. The van der Waals surface area contributed by atoms with Crippen LogP contribution >= 0.6 is 0 Å². The van der Waals surface area contributed by atoms with E-state index in [4.69, 9.17) is 9.47 Å². The minimum atomic E-state index is -0.502. The van der Waals surface area contributed by atoms with Gasteiger partial charge in [0.2, 0.25) is 0 Å². The molecule has 2 bridgehead atoms. The Bertz CT molecular complexity index is 304. The van der Waals surface area contributed by atoms with E-state index < -0.39 is 11.7 Å². The molecule has 16 heavy (non-hydrogen) atoms. The van der Waals surface area contributed by atoms with Crippen LogP contribution in [0.4, 0.5) is 4.79 Å². The minimum Gasteiger partial charge on any atom is -0.444 e. The lowest BCUT2D eigenvalue weighted by Gasteiger charge is -2.31. The molecule has 0 aromatic rings. The Balaban J connectivity index is 1.98. The molecule has 2 atom stereocenters. The predicted octanol–water partition coefficient (Wildman–Crippen LogP) is 0.821. The molecule has 0 aliphatic carbocycles. The maximum atomic E-state index is 11.8. The van der Waals surface area contributed by atoms with E-state index in [2.05, 4.69) is 0 Å². The fourth-order valence-electron chi connectivity index (χ4n) is 1.96. The number of hydrogen-bond acceptors (Lipinski definition) is 4. The van der Waals surface area contributed by atoms with Crippen molar-refractivity contribution >= 4 is 11.9 Å². The van der Waals surface area contributed by atoms with Gasteiger partial charge in [-0.25, -0.2) is 4.79 Å². The third-order valence-electron chi connectivity index (χ3n) is 2.70. The van der Waals surface area contributed by atoms with E-state index in [1.54, 1.807) is 4.90 Å². The quantitative estimate of drug-likeness (QED) is 0.615. The van der Waals surface area contributed by atoms with Gasteiger partial charge in [0, 0.05) is 6.54 Å². The van der Waals surface area contributed by atoms with E-state index in [-0.39, 0.29) is 17.8 Å². The molecule has 0 N–H and O–H groups in total. The lowest BCUT2D eigenvalue weighted by molar-refractivity contribution is -0.127. The van der Waals surface area contributed by atoms with Crippen LogP contribution in [0.3, 0.4) is 0 Å². The highest BCUT2D eigenvalue weighted by atomic mass is 16.6. The largest absolute Gasteiger partial charge is 0.444 e. The molecule has 2 aliphatic heterocycles. The van der Waals surface area contributed by atoms with Crippen LogP contribution in [0.5, 0.6) is 0 Å². The molecule has 2 heterocycles. The van der Waals surface area contributed by atoms with Gasteiger partial charge in [-0.1, -0.05) is 0 Å². The first kappa shape index (κ1) is 11.4. The van der Waals surface area contributed by atoms with Crippen molar-refractivity contribution in [3.63, 3.8) is 0 Å². The van der Waals surface area contributed by atoms with Gasteiger partial charge >= 0.3 is 6.09 Å². The van der Waals surface area contributed by atoms with Crippen molar-refractivity contribution in [2.24, 2.45) is 5.92 Å². The maximum absolute atomic E-state index is 11.8. The predicted molar refractivity (Wildman–Crippen MR) is 56.0 cm³/mol. The molecule has 5 heteroatoms. The highest BCUT2D eigenvalue weighted by molar-refractivity contribution is 5.89. The molecule has 0 aromatic carbocycles. The summed E-state index contributed by atoms with van der Waals surface area (Å²) in [6.45, 7) is 6.65. The number of rotatable bonds is 0. The molecule has 2 fully saturated rings. The number of Topliss-reactive ketones (excluding diaryl/α,β-unsaturated/α-hetero) is 1. The minimum absolute atomic E-state index is 0.125. The second-order valence-electron chi connectivity index (χ2n) is 5.31. The Morgan fingerprint density at radius 1 is 1.44 bits per heavy atom. The Labute approximate surface area is 94.7 Å². The topological polar surface area (TPSA) is 55.8 Å². The Morgan fingerprint density at radius 3 is 2.69 bits per heavy atom. The van der Waals surface area contributed by atoms with Gasteiger partial charge in [-0.3, -0.25) is 4.79 Å². The van der Waals surface area contributed by atoms with Gasteiger partial charge in [-0.15, -0.1) is 0 Å². The molecule has 0 radical (unpaired) electrons. The van der Waals surface area contributed by atoms with E-state index in [1.165, 1.54) is 0 Å². The molecule has 90 valence electrons. The van der Waals surface area contributed by atoms with Gasteiger partial charge in [0.25, 0.3) is 0 Å². The standard InChI is InChI=1S/C11H17NO4/c1-11(2,3)16-10(14)12-4-7-6-15-8(5-12)9(7)13/h7-8H,4-6H2,1-3H3/t7-,8-/m1/s1. The summed E-state index contributed by atoms with van der Waals surface area (Å²) in [4.78, 5) is 24.9. The van der Waals surface area contributed by atoms with Crippen molar-refractivity contribution in [3.8, 4) is 0 Å². The van der Waals surface area contributed by atoms with Gasteiger partial charge in [-0.05, 0) is 20.8 Å². The third-order valence-corrected chi connectivity index (χ3v) is 2.70. The second-order valence-corrected chi connectivity index (χ2v) is 5.31. The number of nitrogens with zero attached hydrogens (tertiary/aromatic N) is 1. The molecule has 2 rings (SSSR count). The SMILES string of the molecule is CC(C)(C)OC(=O)N1C[C@@H]2CO[C@H](C1)C2=O. The number of ketones is 1. The van der Waals surface area contributed by atoms with Crippen LogP contribution in [0, 0.1) is 5.92 Å². The molecule has 0 saturated carbocycles. The number of fused-ring (bicyclic) bond motifs is 2. The Morgan fingerprint density at radius 2 is 2.12 bits per heavy atom. The van der Waals surface area contributed by atoms with Crippen molar-refractivity contribution in [1.29, 1.82) is 0 Å². The van der Waals surface area contributed by atoms with E-state index in [1.807, 2.05) is 20.8 Å². The van der Waals surface area contributed by atoms with Crippen molar-refractivity contribution in [3.05, 3.63) is 0 Å². The average Bonchev–Trinajstić information content (AvgIpc) is 2.38. The van der Waals surface area contributed by atoms with Crippen LogP contribution in [-0.2, 0) is 14.3 Å². The zero-order valence-electron chi connectivity index (χ0n) is 9.86. The summed E-state index contributed by atoms with van der Waals surface area (Å²) in [6.07, 6.45) is -0.799. The first-order valence-electron chi connectivity index (χ1n) is 5.50. The van der Waals surface area contributed by atoms with E-state index in [0.717, 1.165) is 0 Å². The van der Waals surface area contributed by atoms with Crippen molar-refractivity contribution in [2.75, 3.05) is 19.7 Å². The number of ether oxygens (including phenoxy) is 2. The number of carbonyl (C=O) groups excluding carboxylic acids is 2. The number of amides is 1. The number of carbonyl (C=O) groups is 2. The van der Waals surface area contributed by atoms with Crippen molar-refractivity contribution < 1.29 is 19.1 Å². The summed E-state index contributed by atoms with van der Waals surface area (Å²) < 4.78 is 10.6. The smallest absolute Gasteiger partial charge is 0.410 e. The van der Waals surface area contributed by atoms with Crippen LogP contribution in [-0.4, -0.2) is 48.2 Å². The van der Waals surface area contributed by atoms with Crippen LogP contribution in [0.15, 0.2) is 0 Å². The van der Waals surface area contributed by atoms with E-state index >= 15 is 0 Å². The lowest BCUT2D eigenvalue weighted by atomic mass is 9.99. The summed E-state index contributed by atoms with van der Waals surface area (Å²) in [5.41, 5.74) is -0.502. The molecule has 0 spiro atoms. The molecule has 2 aliphatic rings. The number of likely N-dealkylation sites (tertiary alicyclic amines) is 1. The maximum Gasteiger partial charge on any atom is 0.410 e. The fraction of sp³-hybridized carbons (Fsp3) is 0.818. The molecule has 0 aromatic heterocycles. The fourth-order valence-corrected chi connectivity index (χ4v) is 1.96. The molecule has 1 amide bonds. The molecular weight excluding hydrogens is 210 g/mol. The number of hydrogen-bond donors (Lipinski definition) is 0. The number of piperidine rings is 1. The van der Waals surface area contributed by atoms with Crippen molar-refractivity contribution in [2.45, 2.75) is 32.5 Å².